The highest BCUT2D eigenvalue weighted by atomic mass is 32.1. The second-order valence-electron chi connectivity index (χ2n) is 5.28. The zero-order chi connectivity index (χ0) is 15.6. The van der Waals surface area contributed by atoms with E-state index in [0.29, 0.717) is 22.2 Å². The maximum atomic E-state index is 11.9. The largest absolute Gasteiger partial charge is 0.397 e. The van der Waals surface area contributed by atoms with E-state index in [2.05, 4.69) is 0 Å². The quantitative estimate of drug-likeness (QED) is 0.709. The van der Waals surface area contributed by atoms with E-state index in [4.69, 9.17) is 11.5 Å². The number of primary amides is 1. The number of rotatable bonds is 5. The minimum Gasteiger partial charge on any atom is -0.397 e. The Labute approximate surface area is 127 Å². The van der Waals surface area contributed by atoms with Crippen LogP contribution in [0.3, 0.4) is 0 Å². The molecule has 0 unspecified atom stereocenters. The third-order valence-corrected chi connectivity index (χ3v) is 5.21. The monoisotopic (exact) mass is 311 g/mol. The number of anilines is 2. The first-order chi connectivity index (χ1) is 9.99. The lowest BCUT2D eigenvalue weighted by Gasteiger charge is -2.32. The zero-order valence-corrected chi connectivity index (χ0v) is 12.9. The van der Waals surface area contributed by atoms with Gasteiger partial charge in [0.2, 0.25) is 0 Å². The number of nitrogens with zero attached hydrogens (tertiary/aromatic N) is 1. The minimum atomic E-state index is -0.599. The van der Waals surface area contributed by atoms with E-state index in [1.807, 2.05) is 4.90 Å². The maximum absolute atomic E-state index is 11.9. The van der Waals surface area contributed by atoms with Gasteiger partial charge in [-0.3, -0.25) is 9.59 Å². The summed E-state index contributed by atoms with van der Waals surface area (Å²) in [6, 6.07) is 0. The van der Waals surface area contributed by atoms with Crippen molar-refractivity contribution in [2.24, 2.45) is 11.7 Å². The van der Waals surface area contributed by atoms with E-state index in [1.54, 1.807) is 6.92 Å². The Hall–Kier alpha value is -1.60. The van der Waals surface area contributed by atoms with Crippen LogP contribution in [0.25, 0.3) is 0 Å². The van der Waals surface area contributed by atoms with E-state index in [1.165, 1.54) is 11.3 Å². The number of hydrogen-bond donors (Lipinski definition) is 3. The highest BCUT2D eigenvalue weighted by Crippen LogP contribution is 2.40. The van der Waals surface area contributed by atoms with Crippen LogP contribution in [0.15, 0.2) is 0 Å². The number of amides is 1. The van der Waals surface area contributed by atoms with Crippen molar-refractivity contribution in [2.75, 3.05) is 30.3 Å². The first kappa shape index (κ1) is 15.8. The molecule has 0 atom stereocenters. The molecule has 0 spiro atoms. The lowest BCUT2D eigenvalue weighted by molar-refractivity contribution is 0.0991. The van der Waals surface area contributed by atoms with Crippen molar-refractivity contribution in [3.63, 3.8) is 0 Å². The van der Waals surface area contributed by atoms with Crippen LogP contribution in [0, 0.1) is 5.92 Å². The second kappa shape index (κ2) is 6.44. The molecule has 0 bridgehead atoms. The Kier molecular flexibility index (Phi) is 4.84. The van der Waals surface area contributed by atoms with Crippen molar-refractivity contribution >= 4 is 33.7 Å². The Balaban J connectivity index is 2.34. The fourth-order valence-electron chi connectivity index (χ4n) is 2.58. The number of aliphatic hydroxyl groups excluding tert-OH is 1. The molecule has 1 amide bonds. The number of carbonyl (C=O) groups is 2. The van der Waals surface area contributed by atoms with E-state index in [0.717, 1.165) is 25.9 Å². The fourth-order valence-corrected chi connectivity index (χ4v) is 3.87. The normalized spacial score (nSPS) is 16.2. The van der Waals surface area contributed by atoms with Crippen molar-refractivity contribution in [1.29, 1.82) is 0 Å². The third-order valence-electron chi connectivity index (χ3n) is 3.91. The number of carbonyl (C=O) groups excluding carboxylic acids is 2. The number of nitrogens with two attached hydrogens (primary N) is 2. The second-order valence-corrected chi connectivity index (χ2v) is 6.28. The highest BCUT2D eigenvalue weighted by molar-refractivity contribution is 7.19. The summed E-state index contributed by atoms with van der Waals surface area (Å²) < 4.78 is 0. The van der Waals surface area contributed by atoms with Gasteiger partial charge in [0.15, 0.2) is 5.78 Å². The first-order valence-corrected chi connectivity index (χ1v) is 7.92. The molecule has 2 heterocycles. The van der Waals surface area contributed by atoms with Crippen LogP contribution in [0.2, 0.25) is 0 Å². The van der Waals surface area contributed by atoms with Gasteiger partial charge in [-0.1, -0.05) is 6.92 Å². The van der Waals surface area contributed by atoms with Crippen LogP contribution < -0.4 is 16.4 Å². The predicted molar refractivity (Wildman–Crippen MR) is 83.9 cm³/mol. The number of ketones is 1. The molecule has 0 aromatic carbocycles. The predicted octanol–water partition coefficient (Wildman–Crippen LogP) is 1.23. The lowest BCUT2D eigenvalue weighted by atomic mass is 9.98. The molecule has 0 saturated carbocycles. The molecule has 0 aliphatic carbocycles. The van der Waals surface area contributed by atoms with Crippen molar-refractivity contribution < 1.29 is 14.7 Å². The van der Waals surface area contributed by atoms with Crippen molar-refractivity contribution in [2.45, 2.75) is 26.2 Å². The van der Waals surface area contributed by atoms with Crippen LogP contribution in [0.4, 0.5) is 10.7 Å². The Morgan fingerprint density at radius 2 is 2.00 bits per heavy atom. The summed E-state index contributed by atoms with van der Waals surface area (Å²) in [7, 11) is 0. The maximum Gasteiger partial charge on any atom is 0.253 e. The smallest absolute Gasteiger partial charge is 0.253 e. The van der Waals surface area contributed by atoms with Gasteiger partial charge in [-0.25, -0.2) is 0 Å². The molecule has 1 aliphatic rings. The molecule has 21 heavy (non-hydrogen) atoms. The van der Waals surface area contributed by atoms with Crippen molar-refractivity contribution in [3.8, 4) is 0 Å². The fraction of sp³-hybridized carbons (Fsp3) is 0.571. The SMILES string of the molecule is CCC(=O)c1sc(N2CCC(CO)CC2)c(C(N)=O)c1N. The first-order valence-electron chi connectivity index (χ1n) is 7.10. The molecule has 1 aromatic rings. The molecule has 1 aromatic heterocycles. The molecular formula is C14H21N3O3S. The van der Waals surface area contributed by atoms with E-state index >= 15 is 0 Å². The zero-order valence-electron chi connectivity index (χ0n) is 12.1. The van der Waals surface area contributed by atoms with Crippen LogP contribution in [-0.4, -0.2) is 36.5 Å². The van der Waals surface area contributed by atoms with E-state index in [9.17, 15) is 14.7 Å². The van der Waals surface area contributed by atoms with Gasteiger partial charge in [0.25, 0.3) is 5.91 Å². The summed E-state index contributed by atoms with van der Waals surface area (Å²) in [5.74, 6) is -0.373. The molecule has 6 nitrogen and oxygen atoms in total. The molecular weight excluding hydrogens is 290 g/mol. The van der Waals surface area contributed by atoms with Gasteiger partial charge in [0.1, 0.15) is 5.00 Å². The number of nitrogen functional groups attached to an aromatic ring is 1. The van der Waals surface area contributed by atoms with Crippen molar-refractivity contribution in [1.82, 2.24) is 0 Å². The average molecular weight is 311 g/mol. The number of thiophene rings is 1. The number of piperidine rings is 1. The van der Waals surface area contributed by atoms with Gasteiger partial charge in [0, 0.05) is 26.1 Å². The summed E-state index contributed by atoms with van der Waals surface area (Å²) in [5.41, 5.74) is 11.9. The summed E-state index contributed by atoms with van der Waals surface area (Å²) >= 11 is 1.25. The topological polar surface area (TPSA) is 110 Å². The standard InChI is InChI=1S/C14H21N3O3S/c1-2-9(19)12-11(15)10(13(16)20)14(21-12)17-5-3-8(7-18)4-6-17/h8,18H,2-7,15H2,1H3,(H2,16,20). The summed E-state index contributed by atoms with van der Waals surface area (Å²) in [6.45, 7) is 3.40. The molecule has 5 N–H and O–H groups in total. The molecule has 116 valence electrons. The molecule has 7 heteroatoms. The van der Waals surface area contributed by atoms with Gasteiger partial charge >= 0.3 is 0 Å². The van der Waals surface area contributed by atoms with Gasteiger partial charge in [-0.15, -0.1) is 11.3 Å². The summed E-state index contributed by atoms with van der Waals surface area (Å²) in [6.07, 6.45) is 2.04. The Morgan fingerprint density at radius 3 is 2.48 bits per heavy atom. The third kappa shape index (κ3) is 3.03. The van der Waals surface area contributed by atoms with Crippen LogP contribution >= 0.6 is 11.3 Å². The van der Waals surface area contributed by atoms with Crippen molar-refractivity contribution in [3.05, 3.63) is 10.4 Å². The highest BCUT2D eigenvalue weighted by Gasteiger charge is 2.28. The molecule has 1 aliphatic heterocycles. The molecule has 2 rings (SSSR count). The van der Waals surface area contributed by atoms with Crippen LogP contribution in [0.1, 0.15) is 46.2 Å². The number of aliphatic hydroxyl groups is 1. The number of Topliss-reactive ketones (excluding diaryl/α,β-unsaturated/α-hetero) is 1. The van der Waals surface area contributed by atoms with E-state index in [-0.39, 0.29) is 23.6 Å². The number of hydrogen-bond acceptors (Lipinski definition) is 6. The van der Waals surface area contributed by atoms with E-state index < -0.39 is 5.91 Å². The average Bonchev–Trinajstić information content (AvgIpc) is 2.84. The van der Waals surface area contributed by atoms with Gasteiger partial charge in [-0.05, 0) is 18.8 Å². The molecule has 1 saturated heterocycles. The van der Waals surface area contributed by atoms with Crippen LogP contribution in [-0.2, 0) is 0 Å². The summed E-state index contributed by atoms with van der Waals surface area (Å²) in [4.78, 5) is 26.1. The lowest BCUT2D eigenvalue weighted by Crippen LogP contribution is -2.35. The Morgan fingerprint density at radius 1 is 1.38 bits per heavy atom. The van der Waals surface area contributed by atoms with Gasteiger partial charge in [0.05, 0.1) is 16.1 Å². The van der Waals surface area contributed by atoms with Gasteiger partial charge in [-0.2, -0.15) is 0 Å². The summed E-state index contributed by atoms with van der Waals surface area (Å²) in [5, 5.41) is 9.88. The minimum absolute atomic E-state index is 0.0727. The Bertz CT molecular complexity index is 548. The van der Waals surface area contributed by atoms with Crippen LogP contribution in [0.5, 0.6) is 0 Å². The molecule has 0 radical (unpaired) electrons. The molecule has 1 fully saturated rings. The van der Waals surface area contributed by atoms with Gasteiger partial charge < -0.3 is 21.5 Å².